The van der Waals surface area contributed by atoms with E-state index in [-0.39, 0.29) is 23.3 Å². The van der Waals surface area contributed by atoms with Crippen molar-refractivity contribution in [1.82, 2.24) is 14.9 Å². The van der Waals surface area contributed by atoms with Crippen molar-refractivity contribution in [2.24, 2.45) is 5.92 Å². The monoisotopic (exact) mass is 395 g/mol. The molecule has 1 aliphatic heterocycles. The summed E-state index contributed by atoms with van der Waals surface area (Å²) >= 11 is 6.67. The van der Waals surface area contributed by atoms with Gasteiger partial charge in [0.25, 0.3) is 0 Å². The molecule has 0 saturated carbocycles. The van der Waals surface area contributed by atoms with Crippen molar-refractivity contribution >= 4 is 45.0 Å². The van der Waals surface area contributed by atoms with Gasteiger partial charge in [0.15, 0.2) is 0 Å². The summed E-state index contributed by atoms with van der Waals surface area (Å²) in [5.74, 6) is -1.24. The van der Waals surface area contributed by atoms with E-state index < -0.39 is 21.9 Å². The van der Waals surface area contributed by atoms with Crippen molar-refractivity contribution in [2.75, 3.05) is 26.2 Å². The summed E-state index contributed by atoms with van der Waals surface area (Å²) in [6.07, 6.45) is 0.850. The quantitative estimate of drug-likeness (QED) is 0.625. The molecule has 1 aromatic rings. The van der Waals surface area contributed by atoms with E-state index in [4.69, 9.17) is 16.7 Å². The smallest absolute Gasteiger partial charge is 0.317 e. The van der Waals surface area contributed by atoms with Crippen LogP contribution in [0.1, 0.15) is 12.8 Å². The minimum atomic E-state index is -3.63. The van der Waals surface area contributed by atoms with Gasteiger partial charge in [0, 0.05) is 26.2 Å². The lowest BCUT2D eigenvalue weighted by Crippen LogP contribution is -2.47. The normalized spacial score (nSPS) is 16.1. The topological polar surface area (TPSA) is 116 Å². The van der Waals surface area contributed by atoms with Gasteiger partial charge in [-0.25, -0.2) is 17.9 Å². The highest BCUT2D eigenvalue weighted by molar-refractivity contribution is 7.91. The van der Waals surface area contributed by atoms with Gasteiger partial charge in [0.1, 0.15) is 4.21 Å². The van der Waals surface area contributed by atoms with Crippen molar-refractivity contribution in [2.45, 2.75) is 17.1 Å². The van der Waals surface area contributed by atoms with E-state index in [1.807, 2.05) is 0 Å². The molecule has 3 N–H and O–H groups in total. The number of carbonyl (C=O) groups is 2. The number of nitrogens with zero attached hydrogens (tertiary/aromatic N) is 1. The van der Waals surface area contributed by atoms with Crippen LogP contribution in [0.5, 0.6) is 0 Å². The van der Waals surface area contributed by atoms with E-state index in [0.29, 0.717) is 30.3 Å². The molecule has 0 radical (unpaired) electrons. The number of rotatable bonds is 6. The SMILES string of the molecule is O=C(O)C1CCN(C(=O)NCCNS(=O)(=O)c2ccc(Cl)s2)CC1. The van der Waals surface area contributed by atoms with Crippen LogP contribution in [0.4, 0.5) is 4.79 Å². The number of hydrogen-bond donors (Lipinski definition) is 3. The lowest BCUT2D eigenvalue weighted by molar-refractivity contribution is -0.143. The molecule has 2 heterocycles. The van der Waals surface area contributed by atoms with Gasteiger partial charge in [-0.1, -0.05) is 11.6 Å². The van der Waals surface area contributed by atoms with Gasteiger partial charge < -0.3 is 15.3 Å². The highest BCUT2D eigenvalue weighted by atomic mass is 35.5. The fourth-order valence-electron chi connectivity index (χ4n) is 2.31. The third kappa shape index (κ3) is 5.07. The van der Waals surface area contributed by atoms with Gasteiger partial charge in [-0.15, -0.1) is 11.3 Å². The third-order valence-electron chi connectivity index (χ3n) is 3.64. The Hall–Kier alpha value is -1.36. The first-order chi connectivity index (χ1) is 11.3. The van der Waals surface area contributed by atoms with Gasteiger partial charge in [0.05, 0.1) is 10.3 Å². The van der Waals surface area contributed by atoms with Crippen LogP contribution < -0.4 is 10.0 Å². The first kappa shape index (κ1) is 19.0. The number of urea groups is 1. The molecule has 134 valence electrons. The zero-order chi connectivity index (χ0) is 17.7. The Balaban J connectivity index is 1.71. The van der Waals surface area contributed by atoms with Crippen LogP contribution >= 0.6 is 22.9 Å². The Bertz CT molecular complexity index is 698. The number of thiophene rings is 1. The maximum atomic E-state index is 12.0. The number of amides is 2. The fraction of sp³-hybridized carbons (Fsp3) is 0.538. The Labute approximate surface area is 148 Å². The highest BCUT2D eigenvalue weighted by Gasteiger charge is 2.26. The number of carboxylic acid groups (broad SMARTS) is 1. The molecule has 0 aromatic carbocycles. The van der Waals surface area contributed by atoms with E-state index in [9.17, 15) is 18.0 Å². The number of carbonyl (C=O) groups excluding carboxylic acids is 1. The molecule has 11 heteroatoms. The summed E-state index contributed by atoms with van der Waals surface area (Å²) < 4.78 is 26.8. The first-order valence-corrected chi connectivity index (χ1v) is 9.98. The van der Waals surface area contributed by atoms with E-state index >= 15 is 0 Å². The largest absolute Gasteiger partial charge is 0.481 e. The summed E-state index contributed by atoms with van der Waals surface area (Å²) in [5.41, 5.74) is 0. The maximum absolute atomic E-state index is 12.0. The number of likely N-dealkylation sites (tertiary alicyclic amines) is 1. The number of sulfonamides is 1. The number of hydrogen-bond acceptors (Lipinski definition) is 5. The molecule has 8 nitrogen and oxygen atoms in total. The van der Waals surface area contributed by atoms with Gasteiger partial charge >= 0.3 is 12.0 Å². The second-order valence-electron chi connectivity index (χ2n) is 5.29. The van der Waals surface area contributed by atoms with Crippen LogP contribution in [0.25, 0.3) is 0 Å². The summed E-state index contributed by atoms with van der Waals surface area (Å²) in [6, 6.07) is 2.60. The molecule has 0 spiro atoms. The Morgan fingerprint density at radius 1 is 1.29 bits per heavy atom. The minimum absolute atomic E-state index is 0.0508. The zero-order valence-electron chi connectivity index (χ0n) is 12.7. The Morgan fingerprint density at radius 2 is 1.96 bits per heavy atom. The summed E-state index contributed by atoms with van der Waals surface area (Å²) in [5, 5.41) is 11.5. The molecule has 2 rings (SSSR count). The van der Waals surface area contributed by atoms with Gasteiger partial charge in [-0.3, -0.25) is 4.79 Å². The number of carboxylic acids is 1. The van der Waals surface area contributed by atoms with E-state index in [1.165, 1.54) is 17.0 Å². The average molecular weight is 396 g/mol. The summed E-state index contributed by atoms with van der Waals surface area (Å²) in [6.45, 7) is 0.940. The second-order valence-corrected chi connectivity index (χ2v) is 9.00. The van der Waals surface area contributed by atoms with E-state index in [2.05, 4.69) is 10.0 Å². The van der Waals surface area contributed by atoms with Gasteiger partial charge in [-0.05, 0) is 25.0 Å². The Kier molecular flexibility index (Phi) is 6.44. The lowest BCUT2D eigenvalue weighted by Gasteiger charge is -2.30. The van der Waals surface area contributed by atoms with Crippen molar-refractivity contribution in [3.63, 3.8) is 0 Å². The maximum Gasteiger partial charge on any atom is 0.317 e. The molecule has 0 bridgehead atoms. The van der Waals surface area contributed by atoms with Crippen LogP contribution in [0, 0.1) is 5.92 Å². The molecule has 1 aromatic heterocycles. The fourth-order valence-corrected chi connectivity index (χ4v) is 4.87. The molecule has 0 atom stereocenters. The third-order valence-corrected chi connectivity index (χ3v) is 6.82. The molecular weight excluding hydrogens is 378 g/mol. The van der Waals surface area contributed by atoms with E-state index in [0.717, 1.165) is 11.3 Å². The second kappa shape index (κ2) is 8.15. The first-order valence-electron chi connectivity index (χ1n) is 7.30. The van der Waals surface area contributed by atoms with Gasteiger partial charge in [-0.2, -0.15) is 0 Å². The number of nitrogens with one attached hydrogen (secondary N) is 2. The van der Waals surface area contributed by atoms with Crippen LogP contribution in [0.3, 0.4) is 0 Å². The van der Waals surface area contributed by atoms with Crippen LogP contribution in [0.15, 0.2) is 16.3 Å². The molecule has 24 heavy (non-hydrogen) atoms. The molecule has 0 unspecified atom stereocenters. The molecule has 0 aliphatic carbocycles. The van der Waals surface area contributed by atoms with Crippen molar-refractivity contribution < 1.29 is 23.1 Å². The number of aliphatic carboxylic acids is 1. The van der Waals surface area contributed by atoms with Crippen molar-refractivity contribution in [1.29, 1.82) is 0 Å². The van der Waals surface area contributed by atoms with E-state index in [1.54, 1.807) is 0 Å². The molecule has 1 fully saturated rings. The predicted octanol–water partition coefficient (Wildman–Crippen LogP) is 1.19. The van der Waals surface area contributed by atoms with Gasteiger partial charge in [0.2, 0.25) is 10.0 Å². The number of halogens is 1. The standard InChI is InChI=1S/C13H18ClN3O5S2/c14-10-1-2-11(23-10)24(21,22)16-6-5-15-13(20)17-7-3-9(4-8-17)12(18)19/h1-2,9,16H,3-8H2,(H,15,20)(H,18,19). The molecule has 1 aliphatic rings. The summed E-state index contributed by atoms with van der Waals surface area (Å²) in [7, 11) is -3.63. The van der Waals surface area contributed by atoms with Crippen molar-refractivity contribution in [3.8, 4) is 0 Å². The number of piperidine rings is 1. The molecule has 1 saturated heterocycles. The molecular formula is C13H18ClN3O5S2. The minimum Gasteiger partial charge on any atom is -0.481 e. The Morgan fingerprint density at radius 3 is 2.50 bits per heavy atom. The van der Waals surface area contributed by atoms with Crippen molar-refractivity contribution in [3.05, 3.63) is 16.5 Å². The highest BCUT2D eigenvalue weighted by Crippen LogP contribution is 2.25. The lowest BCUT2D eigenvalue weighted by atomic mass is 9.97. The zero-order valence-corrected chi connectivity index (χ0v) is 15.1. The van der Waals surface area contributed by atoms with Crippen LogP contribution in [-0.4, -0.2) is 56.6 Å². The van der Waals surface area contributed by atoms with Crippen LogP contribution in [-0.2, 0) is 14.8 Å². The summed E-state index contributed by atoms with van der Waals surface area (Å²) in [4.78, 5) is 24.3. The molecule has 2 amide bonds. The van der Waals surface area contributed by atoms with Crippen LogP contribution in [0.2, 0.25) is 4.34 Å². The predicted molar refractivity (Wildman–Crippen MR) is 89.8 cm³/mol. The average Bonchev–Trinajstić information content (AvgIpc) is 2.99.